The van der Waals surface area contributed by atoms with Crippen LogP contribution in [0.2, 0.25) is 5.15 Å². The Morgan fingerprint density at radius 3 is 2.44 bits per heavy atom. The molecule has 1 amide bonds. The molecule has 0 radical (unpaired) electrons. The van der Waals surface area contributed by atoms with Gasteiger partial charge in [-0.15, -0.1) is 15.3 Å². The lowest BCUT2D eigenvalue weighted by Crippen LogP contribution is -2.24. The van der Waals surface area contributed by atoms with Crippen LogP contribution >= 0.6 is 11.6 Å². The summed E-state index contributed by atoms with van der Waals surface area (Å²) in [4.78, 5) is 22.8. The quantitative estimate of drug-likeness (QED) is 0.361. The Kier molecular flexibility index (Phi) is 6.55. The zero-order valence-electron chi connectivity index (χ0n) is 16.6. The Hall–Kier alpha value is -3.78. The van der Waals surface area contributed by atoms with E-state index in [9.17, 15) is 23.3 Å². The highest BCUT2D eigenvalue weighted by molar-refractivity contribution is 7.92. The average molecular weight is 482 g/mol. The van der Waals surface area contributed by atoms with Crippen LogP contribution in [-0.2, 0) is 14.8 Å². The number of carbonyl (C=O) groups excluding carboxylic acids is 1. The monoisotopic (exact) mass is 481 g/mol. The van der Waals surface area contributed by atoms with Crippen molar-refractivity contribution in [3.63, 3.8) is 0 Å². The van der Waals surface area contributed by atoms with Crippen molar-refractivity contribution in [1.29, 1.82) is 0 Å². The summed E-state index contributed by atoms with van der Waals surface area (Å²) in [5, 5.41) is 24.8. The summed E-state index contributed by atoms with van der Waals surface area (Å²) in [7, 11) is -2.71. The van der Waals surface area contributed by atoms with Crippen LogP contribution in [-0.4, -0.2) is 46.3 Å². The minimum absolute atomic E-state index is 0.00986. The van der Waals surface area contributed by atoms with E-state index in [1.165, 1.54) is 50.4 Å². The van der Waals surface area contributed by atoms with Crippen molar-refractivity contribution in [2.75, 3.05) is 17.1 Å². The van der Waals surface area contributed by atoms with Crippen molar-refractivity contribution >= 4 is 44.7 Å². The van der Waals surface area contributed by atoms with Crippen molar-refractivity contribution in [2.45, 2.75) is 17.9 Å². The molecular weight excluding hydrogens is 466 g/mol. The van der Waals surface area contributed by atoms with Gasteiger partial charge in [0.05, 0.1) is 16.9 Å². The molecule has 0 aliphatic carbocycles. The summed E-state index contributed by atoms with van der Waals surface area (Å²) < 4.78 is 33.1. The molecule has 13 nitrogen and oxygen atoms in total. The van der Waals surface area contributed by atoms with E-state index >= 15 is 0 Å². The van der Waals surface area contributed by atoms with Gasteiger partial charge in [-0.2, -0.15) is 0 Å². The van der Waals surface area contributed by atoms with Crippen LogP contribution in [0, 0.1) is 10.1 Å². The van der Waals surface area contributed by atoms with Gasteiger partial charge in [-0.05, 0) is 43.3 Å². The molecule has 0 aliphatic heterocycles. The number of aromatic nitrogens is 4. The van der Waals surface area contributed by atoms with Crippen LogP contribution in [0.5, 0.6) is 5.88 Å². The number of nitrogens with one attached hydrogen (secondary N) is 2. The van der Waals surface area contributed by atoms with E-state index in [1.54, 1.807) is 0 Å². The zero-order chi connectivity index (χ0) is 23.5. The van der Waals surface area contributed by atoms with E-state index in [0.29, 0.717) is 5.69 Å². The number of rotatable bonds is 8. The van der Waals surface area contributed by atoms with Gasteiger partial charge in [0.25, 0.3) is 10.0 Å². The minimum Gasteiger partial charge on any atom is -0.475 e. The number of anilines is 2. The summed E-state index contributed by atoms with van der Waals surface area (Å²) in [5.74, 6) is -0.762. The second-order valence-corrected chi connectivity index (χ2v) is 8.37. The molecule has 0 saturated heterocycles. The van der Waals surface area contributed by atoms with Crippen LogP contribution in [0.1, 0.15) is 13.0 Å². The Labute approximate surface area is 186 Å². The van der Waals surface area contributed by atoms with Crippen LogP contribution in [0.4, 0.5) is 17.2 Å². The Morgan fingerprint density at radius 1 is 1.22 bits per heavy atom. The number of carbonyl (C=O) groups is 1. The standard InChI is InChI=1S/C17H16ClN7O6S/c1-10(24-9-13(25(27)28)17(22-24)31-2)16(26)19-11-3-5-12(6-4-11)32(29,30)23-15-8-7-14(18)20-21-15/h3-10H,1-2H3,(H,19,26)(H,21,23). The number of nitro groups is 1. The Morgan fingerprint density at radius 2 is 1.91 bits per heavy atom. The molecule has 2 heterocycles. The van der Waals surface area contributed by atoms with Crippen molar-refractivity contribution in [2.24, 2.45) is 0 Å². The third-order valence-corrected chi connectivity index (χ3v) is 5.72. The maximum Gasteiger partial charge on any atom is 0.350 e. The molecule has 2 N–H and O–H groups in total. The molecule has 168 valence electrons. The van der Waals surface area contributed by atoms with Crippen molar-refractivity contribution < 1.29 is 22.9 Å². The summed E-state index contributed by atoms with van der Waals surface area (Å²) in [6, 6.07) is 7.18. The molecule has 1 aromatic carbocycles. The highest BCUT2D eigenvalue weighted by Crippen LogP contribution is 2.26. The minimum atomic E-state index is -3.94. The number of methoxy groups -OCH3 is 1. The van der Waals surface area contributed by atoms with Gasteiger partial charge in [-0.3, -0.25) is 19.6 Å². The van der Waals surface area contributed by atoms with Gasteiger partial charge in [0.2, 0.25) is 5.91 Å². The number of nitrogens with zero attached hydrogens (tertiary/aromatic N) is 5. The first-order valence-corrected chi connectivity index (χ1v) is 10.7. The SMILES string of the molecule is COc1nn(C(C)C(=O)Nc2ccc(S(=O)(=O)Nc3ccc(Cl)nn3)cc2)cc1[N+](=O)[O-]. The molecule has 0 spiro atoms. The Balaban J connectivity index is 1.70. The van der Waals surface area contributed by atoms with Crippen molar-refractivity contribution in [1.82, 2.24) is 20.0 Å². The van der Waals surface area contributed by atoms with Crippen LogP contribution in [0.25, 0.3) is 0 Å². The molecule has 0 bridgehead atoms. The molecule has 0 saturated carbocycles. The first-order chi connectivity index (χ1) is 15.1. The average Bonchev–Trinajstić information content (AvgIpc) is 3.20. The largest absolute Gasteiger partial charge is 0.475 e. The van der Waals surface area contributed by atoms with Gasteiger partial charge in [-0.25, -0.2) is 13.1 Å². The summed E-state index contributed by atoms with van der Waals surface area (Å²) in [6.07, 6.45) is 1.09. The molecule has 0 fully saturated rings. The third kappa shape index (κ3) is 5.09. The summed E-state index contributed by atoms with van der Waals surface area (Å²) >= 11 is 5.62. The highest BCUT2D eigenvalue weighted by Gasteiger charge is 2.25. The zero-order valence-corrected chi connectivity index (χ0v) is 18.2. The molecule has 2 aromatic heterocycles. The van der Waals surface area contributed by atoms with Crippen LogP contribution in [0.15, 0.2) is 47.5 Å². The van der Waals surface area contributed by atoms with Gasteiger partial charge in [0.1, 0.15) is 12.2 Å². The lowest BCUT2D eigenvalue weighted by atomic mass is 10.2. The molecule has 15 heteroatoms. The lowest BCUT2D eigenvalue weighted by Gasteiger charge is -2.13. The maximum absolute atomic E-state index is 12.5. The Bertz CT molecular complexity index is 1250. The predicted octanol–water partition coefficient (Wildman–Crippen LogP) is 2.24. The molecule has 3 aromatic rings. The van der Waals surface area contributed by atoms with E-state index in [1.807, 2.05) is 0 Å². The van der Waals surface area contributed by atoms with Crippen LogP contribution in [0.3, 0.4) is 0 Å². The summed E-state index contributed by atoms with van der Waals surface area (Å²) in [5.41, 5.74) is -0.0692. The molecule has 1 unspecified atom stereocenters. The number of benzene rings is 1. The number of amides is 1. The fourth-order valence-electron chi connectivity index (χ4n) is 2.49. The number of hydrogen-bond donors (Lipinski definition) is 2. The van der Waals surface area contributed by atoms with Gasteiger partial charge in [-0.1, -0.05) is 11.6 Å². The van der Waals surface area contributed by atoms with Gasteiger partial charge >= 0.3 is 11.6 Å². The lowest BCUT2D eigenvalue weighted by molar-refractivity contribution is -0.385. The molecule has 3 rings (SSSR count). The second kappa shape index (κ2) is 9.15. The first-order valence-electron chi connectivity index (χ1n) is 8.81. The van der Waals surface area contributed by atoms with E-state index in [2.05, 4.69) is 25.3 Å². The molecule has 32 heavy (non-hydrogen) atoms. The van der Waals surface area contributed by atoms with Crippen molar-refractivity contribution in [3.05, 3.63) is 57.9 Å². The van der Waals surface area contributed by atoms with Gasteiger partial charge in [0.15, 0.2) is 11.0 Å². The fourth-order valence-corrected chi connectivity index (χ4v) is 3.58. The predicted molar refractivity (Wildman–Crippen MR) is 113 cm³/mol. The van der Waals surface area contributed by atoms with Gasteiger partial charge in [0, 0.05) is 5.69 Å². The molecule has 0 aliphatic rings. The fraction of sp³-hybridized carbons (Fsp3) is 0.176. The highest BCUT2D eigenvalue weighted by atomic mass is 35.5. The normalized spacial score (nSPS) is 12.1. The van der Waals surface area contributed by atoms with E-state index in [-0.39, 0.29) is 27.4 Å². The number of sulfonamides is 1. The van der Waals surface area contributed by atoms with E-state index in [0.717, 1.165) is 10.9 Å². The first kappa shape index (κ1) is 22.9. The maximum atomic E-state index is 12.5. The van der Waals surface area contributed by atoms with Crippen LogP contribution < -0.4 is 14.8 Å². The van der Waals surface area contributed by atoms with E-state index < -0.39 is 26.9 Å². The number of halogens is 1. The topological polar surface area (TPSA) is 171 Å². The van der Waals surface area contributed by atoms with Crippen molar-refractivity contribution in [3.8, 4) is 5.88 Å². The molecular formula is C17H16ClN7O6S. The molecule has 1 atom stereocenters. The smallest absolute Gasteiger partial charge is 0.350 e. The number of hydrogen-bond acceptors (Lipinski definition) is 9. The summed E-state index contributed by atoms with van der Waals surface area (Å²) in [6.45, 7) is 1.49. The van der Waals surface area contributed by atoms with Gasteiger partial charge < -0.3 is 10.1 Å². The third-order valence-electron chi connectivity index (χ3n) is 4.15. The van der Waals surface area contributed by atoms with E-state index in [4.69, 9.17) is 16.3 Å². The number of ether oxygens (including phenoxy) is 1. The second-order valence-electron chi connectivity index (χ2n) is 6.30.